The molecule has 0 bridgehead atoms. The molecule has 1 saturated heterocycles. The zero-order valence-electron chi connectivity index (χ0n) is 14.8. The van der Waals surface area contributed by atoms with Crippen LogP contribution in [0, 0.1) is 5.41 Å². The Labute approximate surface area is 143 Å². The Kier molecular flexibility index (Phi) is 5.56. The van der Waals surface area contributed by atoms with Crippen LogP contribution >= 0.6 is 0 Å². The Hall–Kier alpha value is -1.40. The molecule has 1 aromatic heterocycles. The number of carbonyl (C=O) groups is 1. The van der Waals surface area contributed by atoms with Gasteiger partial charge in [0.2, 0.25) is 5.91 Å². The summed E-state index contributed by atoms with van der Waals surface area (Å²) in [6.07, 6.45) is 10.4. The van der Waals surface area contributed by atoms with E-state index in [1.165, 1.54) is 0 Å². The monoisotopic (exact) mass is 335 g/mol. The first-order valence-electron chi connectivity index (χ1n) is 9.02. The van der Waals surface area contributed by atoms with Gasteiger partial charge in [-0.05, 0) is 32.1 Å². The molecule has 6 nitrogen and oxygen atoms in total. The third kappa shape index (κ3) is 3.64. The summed E-state index contributed by atoms with van der Waals surface area (Å²) < 4.78 is 13.1. The minimum absolute atomic E-state index is 0.00931. The maximum absolute atomic E-state index is 13.0. The van der Waals surface area contributed by atoms with E-state index in [2.05, 4.69) is 10.3 Å². The average molecular weight is 335 g/mol. The predicted molar refractivity (Wildman–Crippen MR) is 90.5 cm³/mol. The van der Waals surface area contributed by atoms with Crippen molar-refractivity contribution in [2.45, 2.75) is 57.1 Å². The first-order chi connectivity index (χ1) is 11.6. The molecule has 1 amide bonds. The van der Waals surface area contributed by atoms with E-state index in [4.69, 9.17) is 9.47 Å². The van der Waals surface area contributed by atoms with Crippen molar-refractivity contribution in [3.63, 3.8) is 0 Å². The molecule has 0 radical (unpaired) electrons. The van der Waals surface area contributed by atoms with E-state index in [1.807, 2.05) is 17.8 Å². The number of carbonyl (C=O) groups excluding carboxylic acids is 1. The van der Waals surface area contributed by atoms with Gasteiger partial charge >= 0.3 is 0 Å². The fourth-order valence-electron chi connectivity index (χ4n) is 4.09. The topological polar surface area (TPSA) is 65.4 Å². The van der Waals surface area contributed by atoms with E-state index in [0.29, 0.717) is 13.2 Å². The van der Waals surface area contributed by atoms with Crippen LogP contribution in [0.5, 0.6) is 0 Å². The van der Waals surface area contributed by atoms with Crippen molar-refractivity contribution in [3.8, 4) is 0 Å². The molecule has 2 atom stereocenters. The Morgan fingerprint density at radius 1 is 1.50 bits per heavy atom. The van der Waals surface area contributed by atoms with Crippen LogP contribution in [0.1, 0.15) is 56.7 Å². The number of methoxy groups -OCH3 is 1. The average Bonchev–Trinajstić information content (AvgIpc) is 3.23. The highest BCUT2D eigenvalue weighted by Gasteiger charge is 2.41. The number of aryl methyl sites for hydroxylation is 1. The lowest BCUT2D eigenvalue weighted by Crippen LogP contribution is -2.47. The van der Waals surface area contributed by atoms with Crippen LogP contribution in [-0.4, -0.2) is 41.8 Å². The number of hydrogen-bond acceptors (Lipinski definition) is 4. The van der Waals surface area contributed by atoms with Crippen LogP contribution in [-0.2, 0) is 21.3 Å². The SMILES string of the molecule is COCCC1(C(=O)N[C@H]2CCO[C@H](c3cncn3C)C2)CCCC1. The summed E-state index contributed by atoms with van der Waals surface area (Å²) in [6, 6.07) is 0.172. The summed E-state index contributed by atoms with van der Waals surface area (Å²) in [5.74, 6) is 0.215. The summed E-state index contributed by atoms with van der Waals surface area (Å²) >= 11 is 0. The lowest BCUT2D eigenvalue weighted by Gasteiger charge is -2.34. The van der Waals surface area contributed by atoms with E-state index in [9.17, 15) is 4.79 Å². The molecule has 3 rings (SSSR count). The Balaban J connectivity index is 1.62. The maximum atomic E-state index is 13.0. The molecule has 134 valence electrons. The first-order valence-corrected chi connectivity index (χ1v) is 9.02. The minimum Gasteiger partial charge on any atom is -0.385 e. The Morgan fingerprint density at radius 3 is 2.96 bits per heavy atom. The number of aromatic nitrogens is 2. The van der Waals surface area contributed by atoms with Crippen molar-refractivity contribution in [3.05, 3.63) is 18.2 Å². The van der Waals surface area contributed by atoms with Gasteiger partial charge in [0, 0.05) is 33.4 Å². The van der Waals surface area contributed by atoms with E-state index in [-0.39, 0.29) is 23.5 Å². The van der Waals surface area contributed by atoms with Crippen LogP contribution in [0.4, 0.5) is 0 Å². The third-order valence-electron chi connectivity index (χ3n) is 5.63. The summed E-state index contributed by atoms with van der Waals surface area (Å²) in [5.41, 5.74) is 0.847. The Morgan fingerprint density at radius 2 is 2.29 bits per heavy atom. The number of ether oxygens (including phenoxy) is 2. The van der Waals surface area contributed by atoms with Gasteiger partial charge in [0.15, 0.2) is 0 Å². The zero-order chi connectivity index (χ0) is 17.0. The van der Waals surface area contributed by atoms with E-state index < -0.39 is 0 Å². The second-order valence-electron chi connectivity index (χ2n) is 7.21. The van der Waals surface area contributed by atoms with Crippen LogP contribution < -0.4 is 5.32 Å². The number of imidazole rings is 1. The van der Waals surface area contributed by atoms with E-state index >= 15 is 0 Å². The van der Waals surface area contributed by atoms with Gasteiger partial charge in [-0.1, -0.05) is 12.8 Å². The predicted octanol–water partition coefficient (Wildman–Crippen LogP) is 2.35. The summed E-state index contributed by atoms with van der Waals surface area (Å²) in [7, 11) is 3.68. The molecule has 2 aliphatic rings. The number of hydrogen-bond donors (Lipinski definition) is 1. The van der Waals surface area contributed by atoms with Crippen molar-refractivity contribution in [1.29, 1.82) is 0 Å². The number of rotatable bonds is 6. The molecule has 6 heteroatoms. The van der Waals surface area contributed by atoms with Gasteiger partial charge in [0.1, 0.15) is 6.10 Å². The molecule has 1 aliphatic heterocycles. The van der Waals surface area contributed by atoms with Gasteiger partial charge < -0.3 is 19.4 Å². The highest BCUT2D eigenvalue weighted by molar-refractivity contribution is 5.83. The summed E-state index contributed by atoms with van der Waals surface area (Å²) in [5, 5.41) is 3.32. The fourth-order valence-corrected chi connectivity index (χ4v) is 4.09. The van der Waals surface area contributed by atoms with Crippen molar-refractivity contribution in [1.82, 2.24) is 14.9 Å². The molecule has 2 fully saturated rings. The molecule has 2 heterocycles. The first kappa shape index (κ1) is 17.4. The van der Waals surface area contributed by atoms with Crippen molar-refractivity contribution in [2.24, 2.45) is 12.5 Å². The molecule has 24 heavy (non-hydrogen) atoms. The van der Waals surface area contributed by atoms with Crippen LogP contribution in [0.3, 0.4) is 0 Å². The Bertz CT molecular complexity index is 551. The highest BCUT2D eigenvalue weighted by atomic mass is 16.5. The normalized spacial score (nSPS) is 26.4. The van der Waals surface area contributed by atoms with Crippen molar-refractivity contribution < 1.29 is 14.3 Å². The van der Waals surface area contributed by atoms with Gasteiger partial charge in [0.25, 0.3) is 0 Å². The largest absolute Gasteiger partial charge is 0.385 e. The quantitative estimate of drug-likeness (QED) is 0.867. The smallest absolute Gasteiger partial charge is 0.226 e. The number of nitrogens with zero attached hydrogens (tertiary/aromatic N) is 2. The fraction of sp³-hybridized carbons (Fsp3) is 0.778. The number of nitrogens with one attached hydrogen (secondary N) is 1. The van der Waals surface area contributed by atoms with E-state index in [0.717, 1.165) is 50.6 Å². The van der Waals surface area contributed by atoms with Crippen LogP contribution in [0.25, 0.3) is 0 Å². The minimum atomic E-state index is -0.226. The van der Waals surface area contributed by atoms with Crippen molar-refractivity contribution >= 4 is 5.91 Å². The molecule has 0 unspecified atom stereocenters. The molecular formula is C18H29N3O3. The molecule has 1 N–H and O–H groups in total. The molecule has 1 saturated carbocycles. The second kappa shape index (κ2) is 7.66. The van der Waals surface area contributed by atoms with Gasteiger partial charge in [0.05, 0.1) is 23.6 Å². The lowest BCUT2D eigenvalue weighted by atomic mass is 9.81. The summed E-state index contributed by atoms with van der Waals surface area (Å²) in [6.45, 7) is 1.32. The van der Waals surface area contributed by atoms with Crippen LogP contribution in [0.2, 0.25) is 0 Å². The highest BCUT2D eigenvalue weighted by Crippen LogP contribution is 2.41. The zero-order valence-corrected chi connectivity index (χ0v) is 14.8. The van der Waals surface area contributed by atoms with E-state index in [1.54, 1.807) is 13.4 Å². The second-order valence-corrected chi connectivity index (χ2v) is 7.21. The van der Waals surface area contributed by atoms with Crippen LogP contribution in [0.15, 0.2) is 12.5 Å². The molecule has 0 spiro atoms. The van der Waals surface area contributed by atoms with Gasteiger partial charge in [-0.3, -0.25) is 4.79 Å². The standard InChI is InChI=1S/C18H29N3O3/c1-21-13-19-12-15(21)16-11-14(5-9-24-16)20-17(22)18(8-10-23-2)6-3-4-7-18/h12-14,16H,3-11H2,1-2H3,(H,20,22)/t14-,16-/m0/s1. The molecular weight excluding hydrogens is 306 g/mol. The molecule has 1 aliphatic carbocycles. The third-order valence-corrected chi connectivity index (χ3v) is 5.63. The summed E-state index contributed by atoms with van der Waals surface area (Å²) in [4.78, 5) is 17.1. The maximum Gasteiger partial charge on any atom is 0.226 e. The lowest BCUT2D eigenvalue weighted by molar-refractivity contribution is -0.133. The molecule has 0 aromatic carbocycles. The van der Waals surface area contributed by atoms with Gasteiger partial charge in [-0.15, -0.1) is 0 Å². The van der Waals surface area contributed by atoms with Gasteiger partial charge in [-0.25, -0.2) is 4.98 Å². The number of amides is 1. The van der Waals surface area contributed by atoms with Gasteiger partial charge in [-0.2, -0.15) is 0 Å². The van der Waals surface area contributed by atoms with Crippen molar-refractivity contribution in [2.75, 3.05) is 20.3 Å². The molecule has 1 aromatic rings.